The van der Waals surface area contributed by atoms with Crippen LogP contribution >= 0.6 is 11.8 Å². The fourth-order valence-corrected chi connectivity index (χ4v) is 5.74. The minimum absolute atomic E-state index is 0.0943. The average Bonchev–Trinajstić information content (AvgIpc) is 3.36. The number of anilines is 1. The molecule has 38 heavy (non-hydrogen) atoms. The van der Waals surface area contributed by atoms with Crippen molar-refractivity contribution in [3.63, 3.8) is 0 Å². The second-order valence-corrected chi connectivity index (χ2v) is 9.93. The number of carbonyl (C=O) groups excluding carboxylic acids is 2. The van der Waals surface area contributed by atoms with Crippen LogP contribution in [0.5, 0.6) is 28.7 Å². The lowest BCUT2D eigenvalue weighted by Crippen LogP contribution is -2.40. The van der Waals surface area contributed by atoms with Crippen LogP contribution < -0.4 is 33.9 Å². The van der Waals surface area contributed by atoms with Crippen LogP contribution in [0.4, 0.5) is 5.69 Å². The van der Waals surface area contributed by atoms with Gasteiger partial charge in [0.1, 0.15) is 6.54 Å². The average molecular weight is 537 g/mol. The van der Waals surface area contributed by atoms with E-state index in [0.717, 1.165) is 16.0 Å². The molecule has 0 aromatic heterocycles. The lowest BCUT2D eigenvalue weighted by Gasteiger charge is -2.22. The number of fused-ring (bicyclic) bond motifs is 2. The van der Waals surface area contributed by atoms with Gasteiger partial charge in [-0.1, -0.05) is 18.2 Å². The summed E-state index contributed by atoms with van der Waals surface area (Å²) in [6.45, 7) is 0.404. The third kappa shape index (κ3) is 5.17. The molecule has 2 heterocycles. The van der Waals surface area contributed by atoms with Crippen LogP contribution in [0, 0.1) is 0 Å². The quantitative estimate of drug-likeness (QED) is 0.455. The van der Waals surface area contributed by atoms with Gasteiger partial charge < -0.3 is 33.9 Å². The maximum atomic E-state index is 13.5. The minimum Gasteiger partial charge on any atom is -0.493 e. The van der Waals surface area contributed by atoms with Crippen molar-refractivity contribution in [1.82, 2.24) is 5.32 Å². The lowest BCUT2D eigenvalue weighted by molar-refractivity contribution is -0.124. The SMILES string of the molecule is COc1cc(C2CC(=O)N(CC(=O)NCc3ccc4c(c3)OCO4)c3ccccc3S2)cc(OC)c1OC. The van der Waals surface area contributed by atoms with Gasteiger partial charge in [0.05, 0.1) is 27.0 Å². The van der Waals surface area contributed by atoms with Crippen molar-refractivity contribution in [2.24, 2.45) is 0 Å². The molecule has 1 unspecified atom stereocenters. The van der Waals surface area contributed by atoms with Crippen LogP contribution in [0.15, 0.2) is 59.5 Å². The molecule has 0 spiro atoms. The standard InChI is InChI=1S/C28H28N2O7S/c1-33-22-11-18(12-23(34-2)28(22)35-3)25-13-27(32)30(19-6-4-5-7-24(19)38-25)15-26(31)29-14-17-8-9-20-21(10-17)37-16-36-20/h4-12,25H,13-16H2,1-3H3,(H,29,31). The van der Waals surface area contributed by atoms with Crippen LogP contribution in [0.1, 0.15) is 22.8 Å². The molecule has 3 aromatic carbocycles. The smallest absolute Gasteiger partial charge is 0.240 e. The van der Waals surface area contributed by atoms with Gasteiger partial charge in [0.15, 0.2) is 23.0 Å². The molecular weight excluding hydrogens is 508 g/mol. The molecule has 2 amide bonds. The first-order chi connectivity index (χ1) is 18.5. The van der Waals surface area contributed by atoms with Crippen molar-refractivity contribution in [1.29, 1.82) is 0 Å². The van der Waals surface area contributed by atoms with Gasteiger partial charge in [0.2, 0.25) is 24.4 Å². The number of methoxy groups -OCH3 is 3. The Morgan fingerprint density at radius 1 is 1.00 bits per heavy atom. The van der Waals surface area contributed by atoms with E-state index in [0.29, 0.717) is 41.0 Å². The van der Waals surface area contributed by atoms with E-state index in [1.807, 2.05) is 54.6 Å². The number of amides is 2. The molecule has 0 radical (unpaired) electrons. The fraction of sp³-hybridized carbons (Fsp3) is 0.286. The topological polar surface area (TPSA) is 95.6 Å². The predicted octanol–water partition coefficient (Wildman–Crippen LogP) is 4.33. The van der Waals surface area contributed by atoms with Gasteiger partial charge in [-0.25, -0.2) is 0 Å². The Balaban J connectivity index is 1.35. The molecule has 0 bridgehead atoms. The molecule has 3 aromatic rings. The van der Waals surface area contributed by atoms with Crippen molar-refractivity contribution in [2.45, 2.75) is 23.1 Å². The molecule has 0 saturated carbocycles. The number of para-hydroxylation sites is 1. The Labute approximate surface area is 225 Å². The van der Waals surface area contributed by atoms with E-state index in [1.165, 1.54) is 0 Å². The number of benzene rings is 3. The first-order valence-corrected chi connectivity index (χ1v) is 12.9. The van der Waals surface area contributed by atoms with E-state index in [4.69, 9.17) is 23.7 Å². The molecule has 2 aliphatic rings. The van der Waals surface area contributed by atoms with E-state index in [-0.39, 0.29) is 36.8 Å². The van der Waals surface area contributed by atoms with E-state index in [9.17, 15) is 9.59 Å². The summed E-state index contributed by atoms with van der Waals surface area (Å²) in [5.41, 5.74) is 2.45. The number of rotatable bonds is 8. The molecule has 5 rings (SSSR count). The van der Waals surface area contributed by atoms with Crippen molar-refractivity contribution in [2.75, 3.05) is 39.6 Å². The second-order valence-electron chi connectivity index (χ2n) is 8.68. The Hall–Kier alpha value is -4.05. The summed E-state index contributed by atoms with van der Waals surface area (Å²) in [6.07, 6.45) is 0.188. The number of thioether (sulfide) groups is 1. The van der Waals surface area contributed by atoms with Gasteiger partial charge in [-0.3, -0.25) is 9.59 Å². The van der Waals surface area contributed by atoms with Gasteiger partial charge in [0.25, 0.3) is 0 Å². The normalized spacial score (nSPS) is 15.9. The molecule has 9 nitrogen and oxygen atoms in total. The highest BCUT2D eigenvalue weighted by Crippen LogP contribution is 2.49. The van der Waals surface area contributed by atoms with Crippen LogP contribution in [0.2, 0.25) is 0 Å². The second kappa shape index (κ2) is 11.1. The Morgan fingerprint density at radius 3 is 2.47 bits per heavy atom. The molecule has 10 heteroatoms. The van der Waals surface area contributed by atoms with Gasteiger partial charge in [-0.05, 0) is 47.5 Å². The third-order valence-electron chi connectivity index (χ3n) is 6.37. The zero-order valence-corrected chi connectivity index (χ0v) is 22.1. The highest BCUT2D eigenvalue weighted by Gasteiger charge is 2.31. The van der Waals surface area contributed by atoms with Crippen LogP contribution in [0.3, 0.4) is 0 Å². The largest absolute Gasteiger partial charge is 0.493 e. The van der Waals surface area contributed by atoms with Crippen LogP contribution in [0.25, 0.3) is 0 Å². The number of hydrogen-bond acceptors (Lipinski definition) is 8. The van der Waals surface area contributed by atoms with E-state index in [1.54, 1.807) is 38.0 Å². The van der Waals surface area contributed by atoms with Gasteiger partial charge in [-0.2, -0.15) is 0 Å². The van der Waals surface area contributed by atoms with E-state index >= 15 is 0 Å². The highest BCUT2D eigenvalue weighted by molar-refractivity contribution is 7.99. The fourth-order valence-electron chi connectivity index (χ4n) is 4.48. The number of hydrogen-bond donors (Lipinski definition) is 1. The summed E-state index contributed by atoms with van der Waals surface area (Å²) < 4.78 is 27.2. The summed E-state index contributed by atoms with van der Waals surface area (Å²) in [7, 11) is 4.67. The number of carbonyl (C=O) groups is 2. The summed E-state index contributed by atoms with van der Waals surface area (Å²) in [4.78, 5) is 29.0. The van der Waals surface area contributed by atoms with Crippen molar-refractivity contribution < 1.29 is 33.3 Å². The Bertz CT molecular complexity index is 1340. The minimum atomic E-state index is -0.262. The zero-order valence-electron chi connectivity index (χ0n) is 21.3. The van der Waals surface area contributed by atoms with Gasteiger partial charge in [0, 0.05) is 23.1 Å². The summed E-state index contributed by atoms with van der Waals surface area (Å²) in [6, 6.07) is 16.9. The Morgan fingerprint density at radius 2 is 1.74 bits per heavy atom. The van der Waals surface area contributed by atoms with Gasteiger partial charge in [-0.15, -0.1) is 11.8 Å². The zero-order chi connectivity index (χ0) is 26.6. The number of ether oxygens (including phenoxy) is 5. The van der Waals surface area contributed by atoms with Gasteiger partial charge >= 0.3 is 0 Å². The van der Waals surface area contributed by atoms with Crippen LogP contribution in [-0.2, 0) is 16.1 Å². The Kier molecular flexibility index (Phi) is 7.50. The molecule has 0 saturated heterocycles. The molecule has 1 N–H and O–H groups in total. The predicted molar refractivity (Wildman–Crippen MR) is 143 cm³/mol. The monoisotopic (exact) mass is 536 g/mol. The lowest BCUT2D eigenvalue weighted by atomic mass is 10.1. The van der Waals surface area contributed by atoms with E-state index in [2.05, 4.69) is 5.32 Å². The highest BCUT2D eigenvalue weighted by atomic mass is 32.2. The summed E-state index contributed by atoms with van der Waals surface area (Å²) in [5.74, 6) is 2.46. The molecule has 0 aliphatic carbocycles. The number of nitrogens with zero attached hydrogens (tertiary/aromatic N) is 1. The molecule has 1 atom stereocenters. The first kappa shape index (κ1) is 25.6. The maximum absolute atomic E-state index is 13.5. The first-order valence-electron chi connectivity index (χ1n) is 12.0. The molecular formula is C28H28N2O7S. The molecule has 0 fully saturated rings. The molecule has 198 valence electrons. The summed E-state index contributed by atoms with van der Waals surface area (Å²) in [5, 5.41) is 2.69. The van der Waals surface area contributed by atoms with Crippen molar-refractivity contribution >= 4 is 29.3 Å². The van der Waals surface area contributed by atoms with E-state index < -0.39 is 0 Å². The van der Waals surface area contributed by atoms with Crippen LogP contribution in [-0.4, -0.2) is 46.5 Å². The molecule has 2 aliphatic heterocycles. The summed E-state index contributed by atoms with van der Waals surface area (Å²) >= 11 is 1.57. The number of nitrogens with one attached hydrogen (secondary N) is 1. The van der Waals surface area contributed by atoms with Crippen molar-refractivity contribution in [3.05, 3.63) is 65.7 Å². The maximum Gasteiger partial charge on any atom is 0.240 e. The third-order valence-corrected chi connectivity index (χ3v) is 7.70. The van der Waals surface area contributed by atoms with Crippen molar-refractivity contribution in [3.8, 4) is 28.7 Å².